The van der Waals surface area contributed by atoms with Crippen molar-refractivity contribution in [2.45, 2.75) is 33.2 Å². The van der Waals surface area contributed by atoms with Crippen LogP contribution >= 0.6 is 11.3 Å². The summed E-state index contributed by atoms with van der Waals surface area (Å²) >= 11 is 1.76. The molecule has 0 saturated heterocycles. The van der Waals surface area contributed by atoms with Crippen LogP contribution in [0.4, 0.5) is 0 Å². The van der Waals surface area contributed by atoms with E-state index in [4.69, 9.17) is 4.74 Å². The lowest BCUT2D eigenvalue weighted by molar-refractivity contribution is 0.234. The lowest BCUT2D eigenvalue weighted by atomic mass is 9.88. The molecule has 1 aromatic rings. The zero-order chi connectivity index (χ0) is 10.9. The van der Waals surface area contributed by atoms with Gasteiger partial charge in [-0.25, -0.2) is 4.99 Å². The summed E-state index contributed by atoms with van der Waals surface area (Å²) < 4.78 is 5.62. The molecule has 2 heterocycles. The van der Waals surface area contributed by atoms with Gasteiger partial charge in [0.05, 0.1) is 12.5 Å². The fourth-order valence-electron chi connectivity index (χ4n) is 1.53. The Hall–Kier alpha value is -0.830. The maximum Gasteiger partial charge on any atom is 0.189 e. The van der Waals surface area contributed by atoms with Gasteiger partial charge in [-0.05, 0) is 16.9 Å². The third-order valence-electron chi connectivity index (χ3n) is 2.61. The van der Waals surface area contributed by atoms with Gasteiger partial charge in [-0.15, -0.1) is 11.3 Å². The number of hydrogen-bond donors (Lipinski definition) is 0. The molecule has 82 valence electrons. The summed E-state index contributed by atoms with van der Waals surface area (Å²) in [4.78, 5) is 5.96. The van der Waals surface area contributed by atoms with E-state index in [9.17, 15) is 0 Å². The molecule has 1 aliphatic heterocycles. The number of aliphatic imine (C=N–C) groups is 1. The molecule has 3 heteroatoms. The van der Waals surface area contributed by atoms with Gasteiger partial charge in [0.25, 0.3) is 0 Å². The van der Waals surface area contributed by atoms with E-state index in [1.165, 1.54) is 4.88 Å². The van der Waals surface area contributed by atoms with Gasteiger partial charge in [0.1, 0.15) is 6.61 Å². The van der Waals surface area contributed by atoms with Gasteiger partial charge >= 0.3 is 0 Å². The zero-order valence-corrected chi connectivity index (χ0v) is 10.3. The quantitative estimate of drug-likeness (QED) is 0.755. The Morgan fingerprint density at radius 1 is 1.53 bits per heavy atom. The topological polar surface area (TPSA) is 21.6 Å². The molecule has 1 atom stereocenters. The van der Waals surface area contributed by atoms with Gasteiger partial charge in [-0.3, -0.25) is 0 Å². The Balaban J connectivity index is 2.01. The predicted molar refractivity (Wildman–Crippen MR) is 64.7 cm³/mol. The smallest absolute Gasteiger partial charge is 0.189 e. The SMILES string of the molecule is CC(C)(C)[C@H]1COC(Cc2cccs2)=N1. The third kappa shape index (κ3) is 2.59. The summed E-state index contributed by atoms with van der Waals surface area (Å²) in [5.74, 6) is 0.900. The third-order valence-corrected chi connectivity index (χ3v) is 3.49. The monoisotopic (exact) mass is 223 g/mol. The van der Waals surface area contributed by atoms with Crippen molar-refractivity contribution in [2.24, 2.45) is 10.4 Å². The van der Waals surface area contributed by atoms with Crippen LogP contribution in [0.2, 0.25) is 0 Å². The molecule has 0 aromatic carbocycles. The van der Waals surface area contributed by atoms with Gasteiger partial charge in [-0.2, -0.15) is 0 Å². The first kappa shape index (κ1) is 10.7. The first-order valence-electron chi connectivity index (χ1n) is 5.27. The molecular formula is C12H17NOS. The summed E-state index contributed by atoms with van der Waals surface area (Å²) in [6.45, 7) is 7.36. The van der Waals surface area contributed by atoms with Crippen molar-refractivity contribution in [3.05, 3.63) is 22.4 Å². The standard InChI is InChI=1S/C12H17NOS/c1-12(2,3)10-8-14-11(13-10)7-9-5-4-6-15-9/h4-6,10H,7-8H2,1-3H3/t10-/m1/s1. The minimum Gasteiger partial charge on any atom is -0.478 e. The first-order chi connectivity index (χ1) is 7.05. The molecule has 1 aromatic heterocycles. The molecular weight excluding hydrogens is 206 g/mol. The van der Waals surface area contributed by atoms with Crippen LogP contribution in [0.25, 0.3) is 0 Å². The van der Waals surface area contributed by atoms with Crippen molar-refractivity contribution < 1.29 is 4.74 Å². The van der Waals surface area contributed by atoms with Crippen LogP contribution in [-0.4, -0.2) is 18.5 Å². The average molecular weight is 223 g/mol. The largest absolute Gasteiger partial charge is 0.478 e. The molecule has 0 spiro atoms. The van der Waals surface area contributed by atoms with Crippen LogP contribution in [0.3, 0.4) is 0 Å². The number of rotatable bonds is 2. The minimum atomic E-state index is 0.206. The van der Waals surface area contributed by atoms with Crippen molar-refractivity contribution in [2.75, 3.05) is 6.61 Å². The van der Waals surface area contributed by atoms with E-state index in [0.717, 1.165) is 18.9 Å². The molecule has 15 heavy (non-hydrogen) atoms. The van der Waals surface area contributed by atoms with Crippen LogP contribution < -0.4 is 0 Å². The second-order valence-electron chi connectivity index (χ2n) is 4.97. The summed E-state index contributed by atoms with van der Waals surface area (Å²) in [6, 6.07) is 4.50. The van der Waals surface area contributed by atoms with E-state index in [2.05, 4.69) is 43.3 Å². The van der Waals surface area contributed by atoms with E-state index in [0.29, 0.717) is 6.04 Å². The van der Waals surface area contributed by atoms with Crippen LogP contribution in [-0.2, 0) is 11.2 Å². The Morgan fingerprint density at radius 3 is 2.87 bits per heavy atom. The number of hydrogen-bond acceptors (Lipinski definition) is 3. The Morgan fingerprint density at radius 2 is 2.33 bits per heavy atom. The zero-order valence-electron chi connectivity index (χ0n) is 9.49. The van der Waals surface area contributed by atoms with Crippen molar-refractivity contribution >= 4 is 17.2 Å². The fourth-order valence-corrected chi connectivity index (χ4v) is 2.22. The van der Waals surface area contributed by atoms with Crippen LogP contribution in [0.5, 0.6) is 0 Å². The van der Waals surface area contributed by atoms with E-state index >= 15 is 0 Å². The lowest BCUT2D eigenvalue weighted by Gasteiger charge is -2.21. The maximum absolute atomic E-state index is 5.62. The van der Waals surface area contributed by atoms with Crippen molar-refractivity contribution in [3.8, 4) is 0 Å². The van der Waals surface area contributed by atoms with Gasteiger partial charge in [0, 0.05) is 4.88 Å². The molecule has 0 aliphatic carbocycles. The fraction of sp³-hybridized carbons (Fsp3) is 0.583. The second-order valence-corrected chi connectivity index (χ2v) is 6.00. The van der Waals surface area contributed by atoms with Gasteiger partial charge in [0.2, 0.25) is 0 Å². The molecule has 1 aliphatic rings. The summed E-state index contributed by atoms with van der Waals surface area (Å²) in [7, 11) is 0. The molecule has 0 amide bonds. The Labute approximate surface area is 95.0 Å². The van der Waals surface area contributed by atoms with Crippen LogP contribution in [0.15, 0.2) is 22.5 Å². The molecule has 0 saturated carbocycles. The Kier molecular flexibility index (Phi) is 2.83. The van der Waals surface area contributed by atoms with Gasteiger partial charge in [0.15, 0.2) is 5.90 Å². The van der Waals surface area contributed by atoms with Crippen molar-refractivity contribution in [3.63, 3.8) is 0 Å². The normalized spacial score (nSPS) is 21.3. The first-order valence-corrected chi connectivity index (χ1v) is 6.15. The minimum absolute atomic E-state index is 0.206. The van der Waals surface area contributed by atoms with E-state index in [1.807, 2.05) is 0 Å². The number of ether oxygens (including phenoxy) is 1. The van der Waals surface area contributed by atoms with Crippen molar-refractivity contribution in [1.82, 2.24) is 0 Å². The summed E-state index contributed by atoms with van der Waals surface area (Å²) in [5.41, 5.74) is 0.206. The molecule has 0 unspecified atom stereocenters. The van der Waals surface area contributed by atoms with Gasteiger partial charge < -0.3 is 4.74 Å². The molecule has 2 nitrogen and oxygen atoms in total. The molecule has 0 N–H and O–H groups in total. The van der Waals surface area contributed by atoms with E-state index in [-0.39, 0.29) is 5.41 Å². The van der Waals surface area contributed by atoms with Crippen LogP contribution in [0.1, 0.15) is 25.6 Å². The highest BCUT2D eigenvalue weighted by Gasteiger charge is 2.29. The highest BCUT2D eigenvalue weighted by Crippen LogP contribution is 2.26. The Bertz CT molecular complexity index is 348. The van der Waals surface area contributed by atoms with E-state index in [1.54, 1.807) is 11.3 Å². The molecule has 0 radical (unpaired) electrons. The average Bonchev–Trinajstić information content (AvgIpc) is 2.73. The molecule has 2 rings (SSSR count). The molecule has 0 bridgehead atoms. The lowest BCUT2D eigenvalue weighted by Crippen LogP contribution is -2.25. The molecule has 0 fully saturated rings. The van der Waals surface area contributed by atoms with E-state index < -0.39 is 0 Å². The van der Waals surface area contributed by atoms with Gasteiger partial charge in [-0.1, -0.05) is 26.8 Å². The number of thiophene rings is 1. The van der Waals surface area contributed by atoms with Crippen molar-refractivity contribution in [1.29, 1.82) is 0 Å². The predicted octanol–water partition coefficient (Wildman–Crippen LogP) is 3.13. The maximum atomic E-state index is 5.62. The highest BCUT2D eigenvalue weighted by atomic mass is 32.1. The summed E-state index contributed by atoms with van der Waals surface area (Å²) in [5, 5.41) is 2.09. The summed E-state index contributed by atoms with van der Waals surface area (Å²) in [6.07, 6.45) is 0.851. The van der Waals surface area contributed by atoms with Crippen LogP contribution in [0, 0.1) is 5.41 Å². The number of nitrogens with zero attached hydrogens (tertiary/aromatic N) is 1. The highest BCUT2D eigenvalue weighted by molar-refractivity contribution is 7.10. The second kappa shape index (κ2) is 3.97.